The monoisotopic (exact) mass is 444 g/mol. The van der Waals surface area contributed by atoms with Crippen molar-refractivity contribution in [3.63, 3.8) is 0 Å². The van der Waals surface area contributed by atoms with Crippen LogP contribution in [0.3, 0.4) is 0 Å². The number of aryl methyl sites for hydroxylation is 1. The SMILES string of the molecule is COc1ccc(-c2cc(OC(=O)c3ccc(C)cc3)n(-c3ccccc3OC)n2)cc1OC. The maximum absolute atomic E-state index is 12.9. The molecule has 7 nitrogen and oxygen atoms in total. The van der Waals surface area contributed by atoms with Crippen LogP contribution in [0.15, 0.2) is 72.8 Å². The molecule has 0 saturated heterocycles. The fourth-order valence-corrected chi connectivity index (χ4v) is 3.39. The summed E-state index contributed by atoms with van der Waals surface area (Å²) in [6.07, 6.45) is 0. The van der Waals surface area contributed by atoms with Gasteiger partial charge >= 0.3 is 5.97 Å². The molecule has 0 aliphatic heterocycles. The fraction of sp³-hybridized carbons (Fsp3) is 0.154. The summed E-state index contributed by atoms with van der Waals surface area (Å²) in [6.45, 7) is 1.96. The van der Waals surface area contributed by atoms with Crippen LogP contribution in [0, 0.1) is 6.92 Å². The summed E-state index contributed by atoms with van der Waals surface area (Å²) in [6, 6.07) is 21.8. The van der Waals surface area contributed by atoms with Crippen molar-refractivity contribution in [1.29, 1.82) is 0 Å². The summed E-state index contributed by atoms with van der Waals surface area (Å²) in [5.41, 5.74) is 3.50. The molecule has 0 bridgehead atoms. The summed E-state index contributed by atoms with van der Waals surface area (Å²) in [5.74, 6) is 1.54. The van der Waals surface area contributed by atoms with Gasteiger partial charge in [0.05, 0.1) is 32.6 Å². The first-order valence-corrected chi connectivity index (χ1v) is 10.3. The Kier molecular flexibility index (Phi) is 6.31. The third-order valence-corrected chi connectivity index (χ3v) is 5.15. The van der Waals surface area contributed by atoms with Crippen LogP contribution < -0.4 is 18.9 Å². The zero-order valence-corrected chi connectivity index (χ0v) is 18.9. The van der Waals surface area contributed by atoms with E-state index >= 15 is 0 Å². The van der Waals surface area contributed by atoms with Crippen molar-refractivity contribution in [2.24, 2.45) is 0 Å². The molecule has 4 rings (SSSR count). The van der Waals surface area contributed by atoms with Gasteiger partial charge in [-0.1, -0.05) is 29.8 Å². The number of ether oxygens (including phenoxy) is 4. The molecule has 1 heterocycles. The molecule has 0 spiro atoms. The normalized spacial score (nSPS) is 10.5. The van der Waals surface area contributed by atoms with Crippen LogP contribution in [-0.4, -0.2) is 37.1 Å². The van der Waals surface area contributed by atoms with Gasteiger partial charge in [-0.2, -0.15) is 9.78 Å². The summed E-state index contributed by atoms with van der Waals surface area (Å²) in [5, 5.41) is 4.71. The Labute approximate surface area is 192 Å². The molecule has 0 unspecified atom stereocenters. The number of rotatable bonds is 7. The highest BCUT2D eigenvalue weighted by atomic mass is 16.5. The third-order valence-electron chi connectivity index (χ3n) is 5.15. The predicted octanol–water partition coefficient (Wildman–Crippen LogP) is 5.09. The quantitative estimate of drug-likeness (QED) is 0.370. The molecule has 0 saturated carbocycles. The van der Waals surface area contributed by atoms with E-state index in [1.54, 1.807) is 50.3 Å². The molecular weight excluding hydrogens is 420 g/mol. The van der Waals surface area contributed by atoms with Crippen LogP contribution in [0.2, 0.25) is 0 Å². The standard InChI is InChI=1S/C26H24N2O5/c1-17-9-11-18(12-10-17)26(29)33-25-16-20(19-13-14-23(31-3)24(15-19)32-4)27-28(25)21-7-5-6-8-22(21)30-2/h5-16H,1-4H3. The minimum absolute atomic E-state index is 0.259. The zero-order valence-electron chi connectivity index (χ0n) is 18.9. The van der Waals surface area contributed by atoms with Crippen molar-refractivity contribution < 1.29 is 23.7 Å². The summed E-state index contributed by atoms with van der Waals surface area (Å²) < 4.78 is 23.6. The molecule has 1 aromatic heterocycles. The number of carbonyl (C=O) groups is 1. The van der Waals surface area contributed by atoms with Crippen molar-refractivity contribution in [3.8, 4) is 40.1 Å². The van der Waals surface area contributed by atoms with Gasteiger partial charge in [0, 0.05) is 11.6 Å². The Bertz CT molecular complexity index is 1280. The second-order valence-electron chi connectivity index (χ2n) is 7.28. The highest BCUT2D eigenvalue weighted by Crippen LogP contribution is 2.35. The second-order valence-corrected chi connectivity index (χ2v) is 7.28. The average Bonchev–Trinajstić information content (AvgIpc) is 3.27. The first-order valence-electron chi connectivity index (χ1n) is 10.3. The van der Waals surface area contributed by atoms with E-state index in [4.69, 9.17) is 24.0 Å². The minimum atomic E-state index is -0.482. The Morgan fingerprint density at radius 3 is 2.18 bits per heavy atom. The maximum Gasteiger partial charge on any atom is 0.344 e. The highest BCUT2D eigenvalue weighted by Gasteiger charge is 2.20. The van der Waals surface area contributed by atoms with Crippen molar-refractivity contribution in [2.45, 2.75) is 6.92 Å². The number of aromatic nitrogens is 2. The maximum atomic E-state index is 12.9. The van der Waals surface area contributed by atoms with Gasteiger partial charge in [-0.05, 0) is 49.4 Å². The molecule has 0 aliphatic rings. The van der Waals surface area contributed by atoms with Gasteiger partial charge in [0.25, 0.3) is 0 Å². The highest BCUT2D eigenvalue weighted by molar-refractivity contribution is 5.91. The number of nitrogens with zero attached hydrogens (tertiary/aromatic N) is 2. The number of carbonyl (C=O) groups excluding carboxylic acids is 1. The molecule has 168 valence electrons. The molecule has 0 fully saturated rings. The van der Waals surface area contributed by atoms with E-state index in [-0.39, 0.29) is 5.88 Å². The van der Waals surface area contributed by atoms with E-state index in [1.165, 1.54) is 0 Å². The summed E-state index contributed by atoms with van der Waals surface area (Å²) in [7, 11) is 4.73. The zero-order chi connectivity index (χ0) is 23.4. The topological polar surface area (TPSA) is 71.8 Å². The predicted molar refractivity (Wildman–Crippen MR) is 125 cm³/mol. The van der Waals surface area contributed by atoms with Crippen LogP contribution in [0.5, 0.6) is 23.1 Å². The van der Waals surface area contributed by atoms with E-state index < -0.39 is 5.97 Å². The molecular formula is C26H24N2O5. The van der Waals surface area contributed by atoms with Crippen molar-refractivity contribution in [2.75, 3.05) is 21.3 Å². The van der Waals surface area contributed by atoms with Crippen molar-refractivity contribution >= 4 is 5.97 Å². The smallest absolute Gasteiger partial charge is 0.344 e. The van der Waals surface area contributed by atoms with Gasteiger partial charge in [0.15, 0.2) is 11.5 Å². The second kappa shape index (κ2) is 9.48. The van der Waals surface area contributed by atoms with E-state index in [2.05, 4.69) is 0 Å². The molecule has 0 atom stereocenters. The largest absolute Gasteiger partial charge is 0.494 e. The molecule has 4 aromatic rings. The molecule has 0 aliphatic carbocycles. The van der Waals surface area contributed by atoms with Crippen LogP contribution in [0.25, 0.3) is 16.9 Å². The van der Waals surface area contributed by atoms with Gasteiger partial charge in [-0.3, -0.25) is 0 Å². The number of esters is 1. The molecule has 7 heteroatoms. The van der Waals surface area contributed by atoms with Gasteiger partial charge in [-0.25, -0.2) is 4.79 Å². The lowest BCUT2D eigenvalue weighted by molar-refractivity contribution is 0.0723. The summed E-state index contributed by atoms with van der Waals surface area (Å²) in [4.78, 5) is 12.9. The molecule has 3 aromatic carbocycles. The minimum Gasteiger partial charge on any atom is -0.494 e. The van der Waals surface area contributed by atoms with E-state index in [1.807, 2.05) is 55.5 Å². The fourth-order valence-electron chi connectivity index (χ4n) is 3.39. The number of benzene rings is 3. The molecule has 33 heavy (non-hydrogen) atoms. The Balaban J connectivity index is 1.80. The van der Waals surface area contributed by atoms with Crippen LogP contribution in [-0.2, 0) is 0 Å². The van der Waals surface area contributed by atoms with Gasteiger partial charge in [0.1, 0.15) is 11.4 Å². The molecule has 0 amide bonds. The Hall–Kier alpha value is -4.26. The summed E-state index contributed by atoms with van der Waals surface area (Å²) >= 11 is 0. The van der Waals surface area contributed by atoms with E-state index in [9.17, 15) is 4.79 Å². The lowest BCUT2D eigenvalue weighted by atomic mass is 10.1. The lowest BCUT2D eigenvalue weighted by Crippen LogP contribution is -2.12. The van der Waals surface area contributed by atoms with E-state index in [0.29, 0.717) is 34.2 Å². The Morgan fingerprint density at radius 2 is 1.48 bits per heavy atom. The van der Waals surface area contributed by atoms with Crippen LogP contribution in [0.4, 0.5) is 0 Å². The molecule has 0 N–H and O–H groups in total. The Morgan fingerprint density at radius 1 is 0.788 bits per heavy atom. The lowest BCUT2D eigenvalue weighted by Gasteiger charge is -2.11. The van der Waals surface area contributed by atoms with Crippen LogP contribution in [0.1, 0.15) is 15.9 Å². The first kappa shape index (κ1) is 22.0. The van der Waals surface area contributed by atoms with Gasteiger partial charge in [0.2, 0.25) is 5.88 Å². The van der Waals surface area contributed by atoms with Gasteiger partial charge < -0.3 is 18.9 Å². The van der Waals surface area contributed by atoms with Crippen molar-refractivity contribution in [3.05, 3.63) is 83.9 Å². The molecule has 0 radical (unpaired) electrons. The number of methoxy groups -OCH3 is 3. The first-order chi connectivity index (χ1) is 16.0. The average molecular weight is 444 g/mol. The number of hydrogen-bond acceptors (Lipinski definition) is 6. The number of hydrogen-bond donors (Lipinski definition) is 0. The van der Waals surface area contributed by atoms with Crippen molar-refractivity contribution in [1.82, 2.24) is 9.78 Å². The number of para-hydroxylation sites is 2. The van der Waals surface area contributed by atoms with E-state index in [0.717, 1.165) is 11.1 Å². The third kappa shape index (κ3) is 4.52. The van der Waals surface area contributed by atoms with Gasteiger partial charge in [-0.15, -0.1) is 0 Å². The van der Waals surface area contributed by atoms with Crippen LogP contribution >= 0.6 is 0 Å².